The third-order valence-electron chi connectivity index (χ3n) is 7.15. The number of benzene rings is 1. The van der Waals surface area contributed by atoms with E-state index in [0.717, 1.165) is 5.56 Å². The fourth-order valence-electron chi connectivity index (χ4n) is 5.01. The lowest BCUT2D eigenvalue weighted by Crippen LogP contribution is -2.40. The second kappa shape index (κ2) is 11.5. The highest BCUT2D eigenvalue weighted by Crippen LogP contribution is 2.40. The normalized spacial score (nSPS) is 18.1. The molecule has 1 aromatic carbocycles. The molecule has 2 aliphatic heterocycles. The van der Waals surface area contributed by atoms with Crippen LogP contribution in [-0.4, -0.2) is 45.4 Å². The molecule has 1 unspecified atom stereocenters. The summed E-state index contributed by atoms with van der Waals surface area (Å²) in [7, 11) is 1.63. The van der Waals surface area contributed by atoms with Gasteiger partial charge in [-0.3, -0.25) is 23.9 Å². The number of aromatic nitrogens is 1. The SMILES string of the molecule is CCOC(=O)C1CCN(c2c(/C=C3\SC(=S)N(C(C)c4ccccc4)C3=O)c(C)c(C#N)c(=O)n2C)CC1. The molecule has 0 saturated carbocycles. The third kappa shape index (κ3) is 5.13. The van der Waals surface area contributed by atoms with Gasteiger partial charge in [0.05, 0.1) is 23.5 Å². The van der Waals surface area contributed by atoms with Gasteiger partial charge < -0.3 is 9.64 Å². The molecule has 10 heteroatoms. The summed E-state index contributed by atoms with van der Waals surface area (Å²) in [6.07, 6.45) is 2.92. The maximum atomic E-state index is 13.6. The first-order chi connectivity index (χ1) is 18.2. The topological polar surface area (TPSA) is 95.6 Å². The minimum absolute atomic E-state index is 0.0389. The molecule has 2 aliphatic rings. The van der Waals surface area contributed by atoms with Crippen LogP contribution in [0.3, 0.4) is 0 Å². The summed E-state index contributed by atoms with van der Waals surface area (Å²) >= 11 is 6.81. The first-order valence-corrected chi connectivity index (χ1v) is 13.8. The molecule has 1 amide bonds. The van der Waals surface area contributed by atoms with Crippen molar-refractivity contribution in [2.45, 2.75) is 39.7 Å². The Labute approximate surface area is 231 Å². The van der Waals surface area contributed by atoms with Crippen molar-refractivity contribution in [3.63, 3.8) is 0 Å². The number of thioether (sulfide) groups is 1. The van der Waals surface area contributed by atoms with Gasteiger partial charge in [-0.2, -0.15) is 5.26 Å². The molecule has 38 heavy (non-hydrogen) atoms. The lowest BCUT2D eigenvalue weighted by molar-refractivity contribution is -0.148. The minimum atomic E-state index is -0.394. The van der Waals surface area contributed by atoms with Crippen LogP contribution in [-0.2, 0) is 21.4 Å². The summed E-state index contributed by atoms with van der Waals surface area (Å²) in [6, 6.07) is 11.5. The number of hydrogen-bond acceptors (Lipinski definition) is 8. The van der Waals surface area contributed by atoms with Gasteiger partial charge in [0.25, 0.3) is 11.5 Å². The number of thiocarbonyl (C=S) groups is 1. The largest absolute Gasteiger partial charge is 0.466 e. The molecule has 1 atom stereocenters. The van der Waals surface area contributed by atoms with E-state index in [1.165, 1.54) is 16.3 Å². The Balaban J connectivity index is 1.73. The Kier molecular flexibility index (Phi) is 8.38. The number of nitrogens with zero attached hydrogens (tertiary/aromatic N) is 4. The van der Waals surface area contributed by atoms with E-state index in [-0.39, 0.29) is 29.4 Å². The number of pyridine rings is 1. The number of ether oxygens (including phenoxy) is 1. The van der Waals surface area contributed by atoms with E-state index < -0.39 is 5.56 Å². The standard InChI is InChI=1S/C28H30N4O4S2/c1-5-36-27(35)20-11-13-31(14-12-20)24-21(17(2)22(16-29)25(33)30(24)4)15-23-26(34)32(28(37)38-23)18(3)19-9-7-6-8-10-19/h6-10,15,18,20H,5,11-14H2,1-4H3/b23-15-. The molecular weight excluding hydrogens is 520 g/mol. The van der Waals surface area contributed by atoms with E-state index in [2.05, 4.69) is 0 Å². The molecular formula is C28H30N4O4S2. The summed E-state index contributed by atoms with van der Waals surface area (Å²) in [5.74, 6) is 0.0145. The van der Waals surface area contributed by atoms with Gasteiger partial charge in [0.1, 0.15) is 21.8 Å². The summed E-state index contributed by atoms with van der Waals surface area (Å²) in [5.41, 5.74) is 1.76. The summed E-state index contributed by atoms with van der Waals surface area (Å²) in [4.78, 5) is 43.0. The predicted molar refractivity (Wildman–Crippen MR) is 153 cm³/mol. The molecule has 0 radical (unpaired) electrons. The van der Waals surface area contributed by atoms with Gasteiger partial charge in [0.15, 0.2) is 0 Å². The number of rotatable bonds is 6. The van der Waals surface area contributed by atoms with E-state index in [1.807, 2.05) is 48.2 Å². The molecule has 2 aromatic rings. The lowest BCUT2D eigenvalue weighted by atomic mass is 9.95. The number of carbonyl (C=O) groups excluding carboxylic acids is 2. The van der Waals surface area contributed by atoms with Crippen LogP contribution in [0.15, 0.2) is 40.0 Å². The maximum absolute atomic E-state index is 13.6. The molecule has 2 fully saturated rings. The van der Waals surface area contributed by atoms with Gasteiger partial charge >= 0.3 is 5.97 Å². The van der Waals surface area contributed by atoms with Gasteiger partial charge in [-0.25, -0.2) is 0 Å². The Morgan fingerprint density at radius 2 is 1.92 bits per heavy atom. The Morgan fingerprint density at radius 3 is 2.53 bits per heavy atom. The van der Waals surface area contributed by atoms with Gasteiger partial charge in [0, 0.05) is 25.7 Å². The Bertz CT molecular complexity index is 1400. The van der Waals surface area contributed by atoms with E-state index >= 15 is 0 Å². The molecule has 2 saturated heterocycles. The van der Waals surface area contributed by atoms with Gasteiger partial charge in [-0.05, 0) is 50.8 Å². The lowest BCUT2D eigenvalue weighted by Gasteiger charge is -2.35. The number of hydrogen-bond donors (Lipinski definition) is 0. The van der Waals surface area contributed by atoms with Crippen LogP contribution in [0.1, 0.15) is 55.0 Å². The highest BCUT2D eigenvalue weighted by atomic mass is 32.2. The van der Waals surface area contributed by atoms with Crippen LogP contribution in [0.25, 0.3) is 6.08 Å². The Hall–Kier alpha value is -3.42. The third-order valence-corrected chi connectivity index (χ3v) is 8.48. The molecule has 1 aromatic heterocycles. The second-order valence-electron chi connectivity index (χ2n) is 9.36. The molecule has 0 bridgehead atoms. The number of nitriles is 1. The average molecular weight is 551 g/mol. The monoisotopic (exact) mass is 550 g/mol. The molecule has 0 spiro atoms. The first-order valence-electron chi connectivity index (χ1n) is 12.6. The van der Waals surface area contributed by atoms with Crippen molar-refractivity contribution in [1.82, 2.24) is 9.47 Å². The summed E-state index contributed by atoms with van der Waals surface area (Å²) in [6.45, 7) is 6.87. The molecule has 0 N–H and O–H groups in total. The van der Waals surface area contributed by atoms with E-state index in [9.17, 15) is 19.6 Å². The van der Waals surface area contributed by atoms with E-state index in [1.54, 1.807) is 31.9 Å². The fourth-order valence-corrected chi connectivity index (χ4v) is 6.41. The highest BCUT2D eigenvalue weighted by molar-refractivity contribution is 8.26. The van der Waals surface area contributed by atoms with Crippen molar-refractivity contribution in [1.29, 1.82) is 5.26 Å². The van der Waals surface area contributed by atoms with Crippen molar-refractivity contribution in [2.75, 3.05) is 24.6 Å². The van der Waals surface area contributed by atoms with Gasteiger partial charge in [-0.15, -0.1) is 0 Å². The summed E-state index contributed by atoms with van der Waals surface area (Å²) < 4.78 is 7.12. The smallest absolute Gasteiger partial charge is 0.309 e. The van der Waals surface area contributed by atoms with Crippen LogP contribution >= 0.6 is 24.0 Å². The molecule has 198 valence electrons. The Morgan fingerprint density at radius 1 is 1.26 bits per heavy atom. The van der Waals surface area contributed by atoms with E-state index in [0.29, 0.717) is 58.7 Å². The van der Waals surface area contributed by atoms with Crippen LogP contribution in [0.2, 0.25) is 0 Å². The summed E-state index contributed by atoms with van der Waals surface area (Å²) in [5, 5.41) is 9.74. The molecule has 8 nitrogen and oxygen atoms in total. The van der Waals surface area contributed by atoms with Crippen molar-refractivity contribution in [3.8, 4) is 6.07 Å². The number of amides is 1. The maximum Gasteiger partial charge on any atom is 0.309 e. The number of anilines is 1. The molecule has 3 heterocycles. The second-order valence-corrected chi connectivity index (χ2v) is 11.0. The zero-order valence-electron chi connectivity index (χ0n) is 21.9. The quantitative estimate of drug-likeness (QED) is 0.298. The molecule has 4 rings (SSSR count). The van der Waals surface area contributed by atoms with Crippen LogP contribution in [0, 0.1) is 24.2 Å². The molecule has 0 aliphatic carbocycles. The minimum Gasteiger partial charge on any atom is -0.466 e. The van der Waals surface area contributed by atoms with Crippen LogP contribution in [0.5, 0.6) is 0 Å². The van der Waals surface area contributed by atoms with Crippen molar-refractivity contribution in [2.24, 2.45) is 13.0 Å². The predicted octanol–water partition coefficient (Wildman–Crippen LogP) is 4.31. The zero-order valence-corrected chi connectivity index (χ0v) is 23.5. The van der Waals surface area contributed by atoms with E-state index in [4.69, 9.17) is 17.0 Å². The number of esters is 1. The van der Waals surface area contributed by atoms with Gasteiger partial charge in [-0.1, -0.05) is 54.3 Å². The highest BCUT2D eigenvalue weighted by Gasteiger charge is 2.37. The first kappa shape index (κ1) is 27.6. The number of carbonyl (C=O) groups is 2. The zero-order chi connectivity index (χ0) is 27.6. The van der Waals surface area contributed by atoms with Crippen molar-refractivity contribution >= 4 is 52.1 Å². The van der Waals surface area contributed by atoms with Crippen molar-refractivity contribution in [3.05, 3.63) is 67.8 Å². The van der Waals surface area contributed by atoms with Crippen LogP contribution < -0.4 is 10.5 Å². The average Bonchev–Trinajstić information content (AvgIpc) is 3.20. The number of piperidine rings is 1. The van der Waals surface area contributed by atoms with Crippen LogP contribution in [0.4, 0.5) is 5.82 Å². The van der Waals surface area contributed by atoms with Crippen molar-refractivity contribution < 1.29 is 14.3 Å². The van der Waals surface area contributed by atoms with Gasteiger partial charge in [0.2, 0.25) is 0 Å². The fraction of sp³-hybridized carbons (Fsp3) is 0.393.